The zero-order valence-corrected chi connectivity index (χ0v) is 17.7. The third-order valence-electron chi connectivity index (χ3n) is 5.30. The SMILES string of the molecule is COC(=O)C(C(=O)OC)C(C)=CC=CC(C)C=CC1C(C)=CCCC1(C)C. The van der Waals surface area contributed by atoms with Crippen molar-refractivity contribution in [1.29, 1.82) is 0 Å². The van der Waals surface area contributed by atoms with E-state index in [0.29, 0.717) is 11.5 Å². The van der Waals surface area contributed by atoms with Crippen LogP contribution in [0.5, 0.6) is 0 Å². The van der Waals surface area contributed by atoms with E-state index >= 15 is 0 Å². The molecular formula is C23H34O4. The molecule has 1 aliphatic rings. The van der Waals surface area contributed by atoms with Gasteiger partial charge in [0.05, 0.1) is 14.2 Å². The standard InChI is InChI=1S/C23H34O4/c1-16(13-14-19-17(2)12-9-15-23(19,4)5)10-8-11-18(3)20(21(24)26-6)22(25)27-7/h8,10-14,16,19-20H,9,15H2,1-7H3. The molecule has 1 rings (SSSR count). The molecule has 2 atom stereocenters. The van der Waals surface area contributed by atoms with Gasteiger partial charge in [-0.1, -0.05) is 62.8 Å². The maximum absolute atomic E-state index is 11.8. The molecular weight excluding hydrogens is 340 g/mol. The first-order valence-electron chi connectivity index (χ1n) is 9.49. The second-order valence-corrected chi connectivity index (χ2v) is 7.97. The quantitative estimate of drug-likeness (QED) is 0.271. The van der Waals surface area contributed by atoms with E-state index in [2.05, 4.69) is 45.9 Å². The summed E-state index contributed by atoms with van der Waals surface area (Å²) in [5.41, 5.74) is 2.31. The van der Waals surface area contributed by atoms with E-state index in [9.17, 15) is 9.59 Å². The van der Waals surface area contributed by atoms with Crippen molar-refractivity contribution in [1.82, 2.24) is 0 Å². The van der Waals surface area contributed by atoms with E-state index in [1.54, 1.807) is 13.0 Å². The van der Waals surface area contributed by atoms with Crippen molar-refractivity contribution in [2.45, 2.75) is 47.5 Å². The maximum Gasteiger partial charge on any atom is 0.324 e. The van der Waals surface area contributed by atoms with Crippen LogP contribution in [0.3, 0.4) is 0 Å². The second-order valence-electron chi connectivity index (χ2n) is 7.97. The van der Waals surface area contributed by atoms with Gasteiger partial charge in [-0.05, 0) is 43.6 Å². The van der Waals surface area contributed by atoms with Crippen molar-refractivity contribution in [3.8, 4) is 0 Å². The molecule has 4 nitrogen and oxygen atoms in total. The number of methoxy groups -OCH3 is 2. The van der Waals surface area contributed by atoms with Gasteiger partial charge < -0.3 is 9.47 Å². The zero-order valence-electron chi connectivity index (χ0n) is 17.7. The zero-order chi connectivity index (χ0) is 20.6. The molecule has 0 fully saturated rings. The molecule has 0 heterocycles. The van der Waals surface area contributed by atoms with Crippen LogP contribution >= 0.6 is 0 Å². The van der Waals surface area contributed by atoms with Crippen molar-refractivity contribution < 1.29 is 19.1 Å². The van der Waals surface area contributed by atoms with Crippen molar-refractivity contribution in [2.24, 2.45) is 23.2 Å². The molecule has 0 radical (unpaired) electrons. The molecule has 150 valence electrons. The molecule has 4 heteroatoms. The van der Waals surface area contributed by atoms with Crippen molar-refractivity contribution in [2.75, 3.05) is 14.2 Å². The molecule has 0 aromatic carbocycles. The normalized spacial score (nSPS) is 21.4. The summed E-state index contributed by atoms with van der Waals surface area (Å²) in [6.45, 7) is 10.7. The van der Waals surface area contributed by atoms with Gasteiger partial charge in [0.25, 0.3) is 0 Å². The molecule has 0 saturated heterocycles. The Morgan fingerprint density at radius 2 is 1.78 bits per heavy atom. The summed E-state index contributed by atoms with van der Waals surface area (Å²) in [5.74, 6) is -1.54. The number of carbonyl (C=O) groups excluding carboxylic acids is 2. The minimum absolute atomic E-state index is 0.245. The number of allylic oxidation sites excluding steroid dienone is 7. The van der Waals surface area contributed by atoms with Gasteiger partial charge in [0.1, 0.15) is 0 Å². The molecule has 0 spiro atoms. The Labute approximate surface area is 164 Å². The highest BCUT2D eigenvalue weighted by Crippen LogP contribution is 2.41. The molecule has 1 aliphatic carbocycles. The number of carbonyl (C=O) groups is 2. The molecule has 0 N–H and O–H groups in total. The van der Waals surface area contributed by atoms with E-state index in [1.807, 2.05) is 12.2 Å². The molecule has 27 heavy (non-hydrogen) atoms. The first kappa shape index (κ1) is 22.9. The lowest BCUT2D eigenvalue weighted by Crippen LogP contribution is -2.27. The highest BCUT2D eigenvalue weighted by Gasteiger charge is 2.31. The lowest BCUT2D eigenvalue weighted by atomic mass is 9.68. The van der Waals surface area contributed by atoms with Gasteiger partial charge in [-0.3, -0.25) is 9.59 Å². The van der Waals surface area contributed by atoms with Crippen LogP contribution in [-0.4, -0.2) is 26.2 Å². The van der Waals surface area contributed by atoms with Crippen molar-refractivity contribution in [3.05, 3.63) is 47.6 Å². The number of hydrogen-bond donors (Lipinski definition) is 0. The smallest absolute Gasteiger partial charge is 0.324 e. The Balaban J connectivity index is 2.81. The van der Waals surface area contributed by atoms with Gasteiger partial charge in [0.2, 0.25) is 0 Å². The summed E-state index contributed by atoms with van der Waals surface area (Å²) >= 11 is 0. The van der Waals surface area contributed by atoms with Crippen LogP contribution in [0.15, 0.2) is 47.6 Å². The van der Waals surface area contributed by atoms with Crippen LogP contribution in [0.25, 0.3) is 0 Å². The average molecular weight is 375 g/mol. The highest BCUT2D eigenvalue weighted by atomic mass is 16.5. The lowest BCUT2D eigenvalue weighted by molar-refractivity contribution is -0.156. The van der Waals surface area contributed by atoms with Crippen LogP contribution < -0.4 is 0 Å². The van der Waals surface area contributed by atoms with Crippen LogP contribution in [0.1, 0.15) is 47.5 Å². The first-order chi connectivity index (χ1) is 12.6. The van der Waals surface area contributed by atoms with Gasteiger partial charge in [0.15, 0.2) is 5.92 Å². The third-order valence-corrected chi connectivity index (χ3v) is 5.30. The molecule has 2 unspecified atom stereocenters. The summed E-state index contributed by atoms with van der Waals surface area (Å²) < 4.78 is 9.40. The molecule has 0 saturated carbocycles. The number of rotatable bonds is 7. The van der Waals surface area contributed by atoms with E-state index in [0.717, 1.165) is 6.42 Å². The molecule has 0 aromatic heterocycles. The summed E-state index contributed by atoms with van der Waals surface area (Å²) in [6.07, 6.45) is 14.9. The molecule has 0 aliphatic heterocycles. The predicted molar refractivity (Wildman–Crippen MR) is 109 cm³/mol. The Morgan fingerprint density at radius 1 is 1.19 bits per heavy atom. The second kappa shape index (κ2) is 10.3. The van der Waals surface area contributed by atoms with Crippen LogP contribution in [0, 0.1) is 23.2 Å². The first-order valence-corrected chi connectivity index (χ1v) is 9.49. The van der Waals surface area contributed by atoms with Gasteiger partial charge in [-0.2, -0.15) is 0 Å². The van der Waals surface area contributed by atoms with Crippen LogP contribution in [-0.2, 0) is 19.1 Å². The molecule has 0 bridgehead atoms. The fourth-order valence-corrected chi connectivity index (χ4v) is 3.52. The molecule has 0 aromatic rings. The van der Waals surface area contributed by atoms with Crippen molar-refractivity contribution >= 4 is 11.9 Å². The number of esters is 2. The largest absolute Gasteiger partial charge is 0.468 e. The van der Waals surface area contributed by atoms with E-state index in [-0.39, 0.29) is 11.3 Å². The fraction of sp³-hybridized carbons (Fsp3) is 0.565. The lowest BCUT2D eigenvalue weighted by Gasteiger charge is -2.36. The van der Waals surface area contributed by atoms with Crippen LogP contribution in [0.2, 0.25) is 0 Å². The van der Waals surface area contributed by atoms with E-state index in [1.165, 1.54) is 26.2 Å². The van der Waals surface area contributed by atoms with E-state index < -0.39 is 17.9 Å². The Kier molecular flexibility index (Phi) is 8.74. The Morgan fingerprint density at radius 3 is 2.30 bits per heavy atom. The average Bonchev–Trinajstić information content (AvgIpc) is 2.60. The monoisotopic (exact) mass is 374 g/mol. The third kappa shape index (κ3) is 6.53. The molecule has 0 amide bonds. The summed E-state index contributed by atoms with van der Waals surface area (Å²) in [7, 11) is 2.52. The van der Waals surface area contributed by atoms with Gasteiger partial charge in [0, 0.05) is 5.92 Å². The number of ether oxygens (including phenoxy) is 2. The van der Waals surface area contributed by atoms with Gasteiger partial charge in [-0.25, -0.2) is 0 Å². The Hall–Kier alpha value is -2.10. The summed E-state index contributed by atoms with van der Waals surface area (Å²) in [6, 6.07) is 0. The summed E-state index contributed by atoms with van der Waals surface area (Å²) in [4.78, 5) is 23.6. The van der Waals surface area contributed by atoms with Crippen LogP contribution in [0.4, 0.5) is 0 Å². The predicted octanol–water partition coefficient (Wildman–Crippen LogP) is 5.03. The van der Waals surface area contributed by atoms with E-state index in [4.69, 9.17) is 9.47 Å². The topological polar surface area (TPSA) is 52.6 Å². The minimum atomic E-state index is -1.02. The number of hydrogen-bond acceptors (Lipinski definition) is 4. The summed E-state index contributed by atoms with van der Waals surface area (Å²) in [5, 5.41) is 0. The van der Waals surface area contributed by atoms with Crippen molar-refractivity contribution in [3.63, 3.8) is 0 Å². The van der Waals surface area contributed by atoms with Gasteiger partial charge in [-0.15, -0.1) is 0 Å². The maximum atomic E-state index is 11.8. The Bertz CT molecular complexity index is 633. The van der Waals surface area contributed by atoms with Gasteiger partial charge >= 0.3 is 11.9 Å². The highest BCUT2D eigenvalue weighted by molar-refractivity contribution is 5.98. The minimum Gasteiger partial charge on any atom is -0.468 e. The fourth-order valence-electron chi connectivity index (χ4n) is 3.52.